The van der Waals surface area contributed by atoms with Crippen LogP contribution in [0.1, 0.15) is 65.9 Å². The zero-order valence-corrected chi connectivity index (χ0v) is 30.5. The van der Waals surface area contributed by atoms with E-state index in [9.17, 15) is 24.0 Å². The minimum Gasteiger partial charge on any atom is -0.499 e. The zero-order valence-electron chi connectivity index (χ0n) is 30.5. The molecule has 1 aromatic heterocycles. The van der Waals surface area contributed by atoms with E-state index in [1.807, 2.05) is 65.2 Å². The van der Waals surface area contributed by atoms with Crippen LogP contribution < -0.4 is 16.0 Å². The molecule has 50 heavy (non-hydrogen) atoms. The molecule has 0 saturated carbocycles. The van der Waals surface area contributed by atoms with Gasteiger partial charge in [-0.15, -0.1) is 0 Å². The molecule has 4 atom stereocenters. The van der Waals surface area contributed by atoms with Crippen molar-refractivity contribution < 1.29 is 28.7 Å². The Morgan fingerprint density at radius 1 is 0.940 bits per heavy atom. The van der Waals surface area contributed by atoms with Gasteiger partial charge in [-0.3, -0.25) is 28.9 Å². The van der Waals surface area contributed by atoms with Crippen LogP contribution >= 0.6 is 0 Å². The molecule has 0 radical (unpaired) electrons. The van der Waals surface area contributed by atoms with Gasteiger partial charge in [0, 0.05) is 47.6 Å². The van der Waals surface area contributed by atoms with Crippen LogP contribution in [0.3, 0.4) is 0 Å². The second-order valence-electron chi connectivity index (χ2n) is 14.5. The number of methoxy groups -OCH3 is 1. The third-order valence-electron chi connectivity index (χ3n) is 9.37. The number of fused-ring (bicyclic) bond motifs is 1. The lowest BCUT2D eigenvalue weighted by Gasteiger charge is -2.30. The normalized spacial score (nSPS) is 19.1. The van der Waals surface area contributed by atoms with Crippen molar-refractivity contribution in [2.24, 2.45) is 17.8 Å². The molecule has 1 aromatic carbocycles. The van der Waals surface area contributed by atoms with Gasteiger partial charge >= 0.3 is 0 Å². The number of nitrogens with one attached hydrogen (secondary N) is 4. The molecule has 12 nitrogen and oxygen atoms in total. The number of benzene rings is 1. The van der Waals surface area contributed by atoms with Crippen LogP contribution in [0.5, 0.6) is 0 Å². The van der Waals surface area contributed by atoms with Crippen molar-refractivity contribution in [2.75, 3.05) is 27.2 Å². The van der Waals surface area contributed by atoms with E-state index in [4.69, 9.17) is 4.74 Å². The van der Waals surface area contributed by atoms with Gasteiger partial charge < -0.3 is 30.6 Å². The summed E-state index contributed by atoms with van der Waals surface area (Å²) in [5.74, 6) is -1.44. The number of carbonyl (C=O) groups is 5. The zero-order chi connectivity index (χ0) is 36.5. The van der Waals surface area contributed by atoms with E-state index in [1.54, 1.807) is 6.92 Å². The van der Waals surface area contributed by atoms with Gasteiger partial charge in [0.05, 0.1) is 7.11 Å². The quantitative estimate of drug-likeness (QED) is 0.209. The molecule has 0 bridgehead atoms. The van der Waals surface area contributed by atoms with Crippen LogP contribution in [0, 0.1) is 17.8 Å². The fourth-order valence-corrected chi connectivity index (χ4v) is 6.64. The first-order chi connectivity index (χ1) is 23.8. The Labute approximate surface area is 295 Å². The van der Waals surface area contributed by atoms with Gasteiger partial charge in [-0.1, -0.05) is 52.0 Å². The number of amides is 5. The van der Waals surface area contributed by atoms with Crippen molar-refractivity contribution in [1.29, 1.82) is 0 Å². The van der Waals surface area contributed by atoms with Gasteiger partial charge in [0.15, 0.2) is 0 Å². The van der Waals surface area contributed by atoms with E-state index < -0.39 is 47.8 Å². The molecule has 2 aliphatic rings. The highest BCUT2D eigenvalue weighted by molar-refractivity contribution is 6.08. The molecule has 0 spiro atoms. The topological polar surface area (TPSA) is 153 Å². The maximum atomic E-state index is 13.6. The molecule has 5 amide bonds. The maximum Gasteiger partial charge on any atom is 0.257 e. The van der Waals surface area contributed by atoms with E-state index in [1.165, 1.54) is 30.2 Å². The number of ether oxygens (including phenoxy) is 1. The third-order valence-corrected chi connectivity index (χ3v) is 9.37. The number of imide groups is 1. The summed E-state index contributed by atoms with van der Waals surface area (Å²) < 4.78 is 5.49. The van der Waals surface area contributed by atoms with Gasteiger partial charge in [0.1, 0.15) is 23.9 Å². The maximum absolute atomic E-state index is 13.6. The Balaban J connectivity index is 1.39. The molecule has 1 fully saturated rings. The fourth-order valence-electron chi connectivity index (χ4n) is 6.64. The molecule has 3 heterocycles. The summed E-state index contributed by atoms with van der Waals surface area (Å²) in [5, 5.41) is 9.75. The number of hydrogen-bond acceptors (Lipinski definition) is 7. The molecule has 12 heteroatoms. The van der Waals surface area contributed by atoms with Crippen molar-refractivity contribution in [3.63, 3.8) is 0 Å². The van der Waals surface area contributed by atoms with Crippen LogP contribution in [-0.4, -0.2) is 95.7 Å². The Morgan fingerprint density at radius 2 is 1.56 bits per heavy atom. The minimum atomic E-state index is -0.849. The molecule has 272 valence electrons. The van der Waals surface area contributed by atoms with Crippen molar-refractivity contribution in [2.45, 2.75) is 90.9 Å². The summed E-state index contributed by atoms with van der Waals surface area (Å²) in [5.41, 5.74) is 1.90. The lowest BCUT2D eigenvalue weighted by Crippen LogP contribution is -2.56. The lowest BCUT2D eigenvalue weighted by molar-refractivity contribution is -0.139. The van der Waals surface area contributed by atoms with Crippen LogP contribution in [0.2, 0.25) is 0 Å². The standard InChI is InChI=1S/C38H54N6O6/c1-23(2)18-30(42-38(49)31(19-24(3)4)41-36(47)26-14-16-43(6)17-15-26)37(48)40-25(5)12-13-34(45)44-32(33(50-7)21-35(44)46)20-27-22-39-29-11-9-8-10-28(27)29/h8-13,21-26,30-32,39H,14-20H2,1-7H3,(H,40,48)(H,41,47)(H,42,49)/b13-12+/t25-,30-,31-,32-/m0/s1. The third kappa shape index (κ3) is 10.1. The van der Waals surface area contributed by atoms with Crippen LogP contribution in [0.15, 0.2) is 54.4 Å². The molecule has 0 aliphatic carbocycles. The number of hydrogen-bond donors (Lipinski definition) is 4. The first kappa shape index (κ1) is 38.4. The minimum absolute atomic E-state index is 0.0913. The molecular formula is C38H54N6O6. The second kappa shape index (κ2) is 17.5. The van der Waals surface area contributed by atoms with Crippen molar-refractivity contribution in [3.8, 4) is 0 Å². The Kier molecular flexibility index (Phi) is 13.4. The number of piperidine rings is 1. The Morgan fingerprint density at radius 3 is 2.20 bits per heavy atom. The molecule has 0 unspecified atom stereocenters. The molecular weight excluding hydrogens is 636 g/mol. The molecule has 2 aliphatic heterocycles. The van der Waals surface area contributed by atoms with E-state index in [0.29, 0.717) is 25.0 Å². The number of H-pyrrole nitrogens is 1. The molecule has 1 saturated heterocycles. The number of aromatic amines is 1. The summed E-state index contributed by atoms with van der Waals surface area (Å²) in [6.45, 7) is 11.3. The molecule has 4 N–H and O–H groups in total. The smallest absolute Gasteiger partial charge is 0.257 e. The van der Waals surface area contributed by atoms with Crippen LogP contribution in [-0.2, 0) is 35.1 Å². The first-order valence-corrected chi connectivity index (χ1v) is 17.7. The van der Waals surface area contributed by atoms with E-state index in [-0.39, 0.29) is 23.7 Å². The average Bonchev–Trinajstić information content (AvgIpc) is 3.62. The van der Waals surface area contributed by atoms with Gasteiger partial charge in [0.2, 0.25) is 17.7 Å². The summed E-state index contributed by atoms with van der Waals surface area (Å²) in [4.78, 5) is 73.2. The molecule has 4 rings (SSSR count). The van der Waals surface area contributed by atoms with Gasteiger partial charge in [-0.05, 0) is 76.2 Å². The summed E-state index contributed by atoms with van der Waals surface area (Å²) in [6, 6.07) is 4.98. The summed E-state index contributed by atoms with van der Waals surface area (Å²) in [6.07, 6.45) is 8.69. The number of carbonyl (C=O) groups excluding carboxylic acids is 5. The first-order valence-electron chi connectivity index (χ1n) is 17.7. The van der Waals surface area contributed by atoms with Gasteiger partial charge in [-0.2, -0.15) is 0 Å². The largest absolute Gasteiger partial charge is 0.499 e. The van der Waals surface area contributed by atoms with Crippen LogP contribution in [0.4, 0.5) is 0 Å². The van der Waals surface area contributed by atoms with Gasteiger partial charge in [-0.25, -0.2) is 0 Å². The molecule has 2 aromatic rings. The average molecular weight is 691 g/mol. The number of likely N-dealkylation sites (tertiary alicyclic amines) is 1. The predicted molar refractivity (Wildman–Crippen MR) is 192 cm³/mol. The summed E-state index contributed by atoms with van der Waals surface area (Å²) in [7, 11) is 3.51. The SMILES string of the molecule is COC1=CC(=O)N(C(=O)/C=C/[C@H](C)NC(=O)[C@H](CC(C)C)NC(=O)[C@H](CC(C)C)NC(=O)C2CCN(C)CC2)[C@H]1Cc1c[nH]c2ccccc12. The summed E-state index contributed by atoms with van der Waals surface area (Å²) >= 11 is 0. The predicted octanol–water partition coefficient (Wildman–Crippen LogP) is 3.44. The second-order valence-corrected chi connectivity index (χ2v) is 14.5. The van der Waals surface area contributed by atoms with E-state index in [0.717, 1.165) is 42.4 Å². The van der Waals surface area contributed by atoms with E-state index >= 15 is 0 Å². The lowest BCUT2D eigenvalue weighted by atomic mass is 9.94. The van der Waals surface area contributed by atoms with Gasteiger partial charge in [0.25, 0.3) is 11.8 Å². The van der Waals surface area contributed by atoms with E-state index in [2.05, 4.69) is 25.8 Å². The Bertz CT molecular complexity index is 1590. The van der Waals surface area contributed by atoms with Crippen molar-refractivity contribution >= 4 is 40.4 Å². The number of aromatic nitrogens is 1. The highest BCUT2D eigenvalue weighted by atomic mass is 16.5. The monoisotopic (exact) mass is 690 g/mol. The van der Waals surface area contributed by atoms with Crippen molar-refractivity contribution in [1.82, 2.24) is 30.7 Å². The number of nitrogens with zero attached hydrogens (tertiary/aromatic N) is 2. The number of para-hydroxylation sites is 1. The fraction of sp³-hybridized carbons (Fsp3) is 0.553. The van der Waals surface area contributed by atoms with Crippen LogP contribution in [0.25, 0.3) is 10.9 Å². The highest BCUT2D eigenvalue weighted by Gasteiger charge is 2.38. The Hall–Kier alpha value is -4.45. The van der Waals surface area contributed by atoms with Crippen molar-refractivity contribution in [3.05, 3.63) is 60.0 Å². The highest BCUT2D eigenvalue weighted by Crippen LogP contribution is 2.28. The number of rotatable bonds is 15.